The summed E-state index contributed by atoms with van der Waals surface area (Å²) in [6, 6.07) is 7.40. The van der Waals surface area contributed by atoms with E-state index in [1.54, 1.807) is 0 Å². The van der Waals surface area contributed by atoms with Gasteiger partial charge >= 0.3 is 5.97 Å². The van der Waals surface area contributed by atoms with Gasteiger partial charge in [0.25, 0.3) is 0 Å². The van der Waals surface area contributed by atoms with Crippen LogP contribution in [0.1, 0.15) is 38.2 Å². The smallest absolute Gasteiger partial charge is 0.307 e. The fraction of sp³-hybridized carbons (Fsp3) is 0.533. The fourth-order valence-corrected chi connectivity index (χ4v) is 2.40. The molecule has 3 heteroatoms. The Balaban J connectivity index is 1.88. The van der Waals surface area contributed by atoms with Gasteiger partial charge in [0, 0.05) is 0 Å². The number of hydrogen-bond acceptors (Lipinski definition) is 2. The van der Waals surface area contributed by atoms with Crippen LogP contribution in [0.5, 0.6) is 5.75 Å². The number of carboxylic acid groups (broad SMARTS) is 1. The number of benzene rings is 1. The molecule has 1 aromatic carbocycles. The lowest BCUT2D eigenvalue weighted by Crippen LogP contribution is -2.22. The molecule has 18 heavy (non-hydrogen) atoms. The molecule has 0 amide bonds. The van der Waals surface area contributed by atoms with Gasteiger partial charge in [0.15, 0.2) is 0 Å². The normalized spacial score (nSPS) is 23.6. The first-order chi connectivity index (χ1) is 8.63. The van der Waals surface area contributed by atoms with Crippen molar-refractivity contribution in [2.75, 3.05) is 0 Å². The Hall–Kier alpha value is -1.51. The minimum absolute atomic E-state index is 0.0707. The predicted octanol–water partition coefficient (Wildman–Crippen LogP) is 3.27. The summed E-state index contributed by atoms with van der Waals surface area (Å²) >= 11 is 0. The summed E-state index contributed by atoms with van der Waals surface area (Å²) in [6.07, 6.45) is 5.12. The van der Waals surface area contributed by atoms with Crippen LogP contribution < -0.4 is 4.74 Å². The Labute approximate surface area is 108 Å². The SMILES string of the molecule is CC1CCC(Oc2ccc(CC(=O)O)cc2)CC1. The molecule has 1 aromatic rings. The third-order valence-electron chi connectivity index (χ3n) is 3.54. The van der Waals surface area contributed by atoms with Crippen molar-refractivity contribution in [1.82, 2.24) is 0 Å². The number of ether oxygens (including phenoxy) is 1. The highest BCUT2D eigenvalue weighted by Gasteiger charge is 2.19. The second kappa shape index (κ2) is 5.89. The van der Waals surface area contributed by atoms with Crippen molar-refractivity contribution in [3.05, 3.63) is 29.8 Å². The fourth-order valence-electron chi connectivity index (χ4n) is 2.40. The van der Waals surface area contributed by atoms with Gasteiger partial charge in [-0.25, -0.2) is 0 Å². The Kier molecular flexibility index (Phi) is 4.24. The molecule has 0 unspecified atom stereocenters. The summed E-state index contributed by atoms with van der Waals surface area (Å²) in [4.78, 5) is 10.6. The van der Waals surface area contributed by atoms with Gasteiger partial charge < -0.3 is 9.84 Å². The van der Waals surface area contributed by atoms with Crippen LogP contribution in [-0.2, 0) is 11.2 Å². The van der Waals surface area contributed by atoms with E-state index in [4.69, 9.17) is 9.84 Å². The standard InChI is InChI=1S/C15H20O3/c1-11-2-6-13(7-3-11)18-14-8-4-12(5-9-14)10-15(16)17/h4-5,8-9,11,13H,2-3,6-7,10H2,1H3,(H,16,17). The zero-order chi connectivity index (χ0) is 13.0. The number of rotatable bonds is 4. The van der Waals surface area contributed by atoms with Crippen molar-refractivity contribution in [2.24, 2.45) is 5.92 Å². The highest BCUT2D eigenvalue weighted by Crippen LogP contribution is 2.27. The van der Waals surface area contributed by atoms with Gasteiger partial charge in [0.2, 0.25) is 0 Å². The largest absolute Gasteiger partial charge is 0.490 e. The van der Waals surface area contributed by atoms with E-state index in [0.29, 0.717) is 6.10 Å². The van der Waals surface area contributed by atoms with Crippen molar-refractivity contribution >= 4 is 5.97 Å². The lowest BCUT2D eigenvalue weighted by molar-refractivity contribution is -0.136. The van der Waals surface area contributed by atoms with Crippen molar-refractivity contribution in [1.29, 1.82) is 0 Å². The van der Waals surface area contributed by atoms with Crippen molar-refractivity contribution in [3.63, 3.8) is 0 Å². The minimum atomic E-state index is -0.801. The first-order valence-electron chi connectivity index (χ1n) is 6.61. The second-order valence-electron chi connectivity index (χ2n) is 5.21. The summed E-state index contributed by atoms with van der Waals surface area (Å²) < 4.78 is 5.92. The van der Waals surface area contributed by atoms with Gasteiger partial charge in [0.05, 0.1) is 12.5 Å². The van der Waals surface area contributed by atoms with Crippen LogP contribution in [0.2, 0.25) is 0 Å². The molecular weight excluding hydrogens is 228 g/mol. The topological polar surface area (TPSA) is 46.5 Å². The summed E-state index contributed by atoms with van der Waals surface area (Å²) in [5, 5.41) is 8.69. The molecule has 1 aliphatic carbocycles. The molecule has 1 aliphatic rings. The molecule has 98 valence electrons. The van der Waals surface area contributed by atoms with Gasteiger partial charge in [-0.1, -0.05) is 19.1 Å². The molecular formula is C15H20O3. The zero-order valence-electron chi connectivity index (χ0n) is 10.8. The predicted molar refractivity (Wildman–Crippen MR) is 69.8 cm³/mol. The van der Waals surface area contributed by atoms with Crippen molar-refractivity contribution in [3.8, 4) is 5.75 Å². The molecule has 0 radical (unpaired) electrons. The zero-order valence-corrected chi connectivity index (χ0v) is 10.8. The van der Waals surface area contributed by atoms with E-state index in [1.165, 1.54) is 12.8 Å². The van der Waals surface area contributed by atoms with Crippen molar-refractivity contribution < 1.29 is 14.6 Å². The average Bonchev–Trinajstić information content (AvgIpc) is 2.34. The number of carbonyl (C=O) groups is 1. The highest BCUT2D eigenvalue weighted by molar-refractivity contribution is 5.70. The molecule has 0 heterocycles. The Morgan fingerprint density at radius 2 is 1.83 bits per heavy atom. The maximum atomic E-state index is 10.6. The first kappa shape index (κ1) is 12.9. The lowest BCUT2D eigenvalue weighted by Gasteiger charge is -2.26. The summed E-state index contributed by atoms with van der Waals surface area (Å²) in [6.45, 7) is 2.29. The molecule has 0 atom stereocenters. The molecule has 2 rings (SSSR count). The molecule has 0 saturated heterocycles. The minimum Gasteiger partial charge on any atom is -0.490 e. The summed E-state index contributed by atoms with van der Waals surface area (Å²) in [5.74, 6) is 0.872. The summed E-state index contributed by atoms with van der Waals surface area (Å²) in [7, 11) is 0. The number of carboxylic acids is 1. The Morgan fingerprint density at radius 1 is 1.22 bits per heavy atom. The van der Waals surface area contributed by atoms with Crippen LogP contribution in [0.4, 0.5) is 0 Å². The van der Waals surface area contributed by atoms with Gasteiger partial charge in [-0.15, -0.1) is 0 Å². The highest BCUT2D eigenvalue weighted by atomic mass is 16.5. The van der Waals surface area contributed by atoms with Crippen LogP contribution in [0.3, 0.4) is 0 Å². The van der Waals surface area contributed by atoms with Crippen LogP contribution in [0, 0.1) is 5.92 Å². The van der Waals surface area contributed by atoms with Gasteiger partial charge in [-0.05, 0) is 49.3 Å². The van der Waals surface area contributed by atoms with E-state index in [2.05, 4.69) is 6.92 Å². The van der Waals surface area contributed by atoms with E-state index in [1.807, 2.05) is 24.3 Å². The molecule has 3 nitrogen and oxygen atoms in total. The molecule has 1 saturated carbocycles. The lowest BCUT2D eigenvalue weighted by atomic mass is 9.89. The molecule has 0 aromatic heterocycles. The van der Waals surface area contributed by atoms with Gasteiger partial charge in [-0.3, -0.25) is 4.79 Å². The second-order valence-corrected chi connectivity index (χ2v) is 5.21. The van der Waals surface area contributed by atoms with Crippen LogP contribution >= 0.6 is 0 Å². The summed E-state index contributed by atoms with van der Waals surface area (Å²) in [5.41, 5.74) is 0.812. The first-order valence-corrected chi connectivity index (χ1v) is 6.61. The molecule has 1 N–H and O–H groups in total. The van der Waals surface area contributed by atoms with Crippen LogP contribution in [-0.4, -0.2) is 17.2 Å². The quantitative estimate of drug-likeness (QED) is 0.889. The monoisotopic (exact) mass is 248 g/mol. The van der Waals surface area contributed by atoms with E-state index in [0.717, 1.165) is 30.1 Å². The van der Waals surface area contributed by atoms with Crippen LogP contribution in [0.25, 0.3) is 0 Å². The van der Waals surface area contributed by atoms with Gasteiger partial charge in [-0.2, -0.15) is 0 Å². The number of hydrogen-bond donors (Lipinski definition) is 1. The van der Waals surface area contributed by atoms with E-state index in [-0.39, 0.29) is 6.42 Å². The molecule has 1 fully saturated rings. The molecule has 0 bridgehead atoms. The third-order valence-corrected chi connectivity index (χ3v) is 3.54. The van der Waals surface area contributed by atoms with E-state index >= 15 is 0 Å². The maximum Gasteiger partial charge on any atom is 0.307 e. The number of aliphatic carboxylic acids is 1. The molecule has 0 spiro atoms. The average molecular weight is 248 g/mol. The van der Waals surface area contributed by atoms with Gasteiger partial charge in [0.1, 0.15) is 5.75 Å². The van der Waals surface area contributed by atoms with Crippen molar-refractivity contribution in [2.45, 2.75) is 45.1 Å². The Bertz CT molecular complexity index is 389. The third kappa shape index (κ3) is 3.76. The van der Waals surface area contributed by atoms with E-state index in [9.17, 15) is 4.79 Å². The van der Waals surface area contributed by atoms with Crippen LogP contribution in [0.15, 0.2) is 24.3 Å². The Morgan fingerprint density at radius 3 is 2.39 bits per heavy atom. The maximum absolute atomic E-state index is 10.6. The molecule has 0 aliphatic heterocycles. The van der Waals surface area contributed by atoms with E-state index < -0.39 is 5.97 Å².